The third-order valence-corrected chi connectivity index (χ3v) is 4.02. The van der Waals surface area contributed by atoms with Gasteiger partial charge in [-0.1, -0.05) is 0 Å². The van der Waals surface area contributed by atoms with Gasteiger partial charge in [0.15, 0.2) is 5.65 Å². The second-order valence-corrected chi connectivity index (χ2v) is 5.68. The van der Waals surface area contributed by atoms with Crippen LogP contribution in [-0.4, -0.2) is 35.0 Å². The molecule has 0 bridgehead atoms. The summed E-state index contributed by atoms with van der Waals surface area (Å²) in [5, 5.41) is 23.2. The second kappa shape index (κ2) is 5.93. The van der Waals surface area contributed by atoms with Gasteiger partial charge in [0.05, 0.1) is 17.9 Å². The van der Waals surface area contributed by atoms with E-state index in [9.17, 15) is 4.39 Å². The van der Waals surface area contributed by atoms with Gasteiger partial charge in [-0.05, 0) is 60.7 Å². The third kappa shape index (κ3) is 2.80. The molecule has 0 aliphatic carbocycles. The lowest BCUT2D eigenvalue weighted by molar-refractivity contribution is 0.627. The van der Waals surface area contributed by atoms with Crippen molar-refractivity contribution in [2.45, 2.75) is 19.9 Å². The number of nitrogens with one attached hydrogen (secondary N) is 1. The molecule has 1 atom stereocenters. The number of hydrogen-bond acceptors (Lipinski definition) is 6. The number of nitrogens with zero attached hydrogens (tertiary/aromatic N) is 7. The first-order valence-corrected chi connectivity index (χ1v) is 7.74. The fraction of sp³-hybridized carbons (Fsp3) is 0.188. The summed E-state index contributed by atoms with van der Waals surface area (Å²) >= 11 is 0. The van der Waals surface area contributed by atoms with Crippen LogP contribution < -0.4 is 5.32 Å². The summed E-state index contributed by atoms with van der Waals surface area (Å²) in [5.41, 5.74) is 3.38. The zero-order valence-corrected chi connectivity index (χ0v) is 13.6. The molecule has 0 saturated carbocycles. The van der Waals surface area contributed by atoms with Crippen LogP contribution in [0.1, 0.15) is 24.2 Å². The minimum absolute atomic E-state index is 0.0318. The minimum Gasteiger partial charge on any atom is -0.362 e. The highest BCUT2D eigenvalue weighted by Crippen LogP contribution is 2.23. The molecule has 0 fully saturated rings. The standard InChI is InChI=1S/C16H15FN8/c1-10(19-15-7-8-16-20-22-23-25(16)21-15)14-9-18-24(11(14)2)13-5-3-12(17)4-6-13/h3-10H,1-2H3,(H,19,21)/t10-/m0/s1. The Bertz CT molecular complexity index is 1020. The van der Waals surface area contributed by atoms with Crippen LogP contribution in [0.5, 0.6) is 0 Å². The first kappa shape index (κ1) is 15.2. The van der Waals surface area contributed by atoms with E-state index in [0.717, 1.165) is 16.9 Å². The molecule has 1 aromatic carbocycles. The first-order chi connectivity index (χ1) is 12.1. The van der Waals surface area contributed by atoms with E-state index in [1.165, 1.54) is 16.8 Å². The second-order valence-electron chi connectivity index (χ2n) is 5.68. The molecule has 3 heterocycles. The quantitative estimate of drug-likeness (QED) is 0.615. The van der Waals surface area contributed by atoms with Crippen LogP contribution in [0, 0.1) is 12.7 Å². The maximum Gasteiger partial charge on any atom is 0.200 e. The number of halogens is 1. The molecule has 4 rings (SSSR count). The molecule has 0 amide bonds. The number of benzene rings is 1. The van der Waals surface area contributed by atoms with E-state index in [1.807, 2.05) is 19.9 Å². The van der Waals surface area contributed by atoms with Gasteiger partial charge >= 0.3 is 0 Å². The molecule has 0 unspecified atom stereocenters. The summed E-state index contributed by atoms with van der Waals surface area (Å²) in [6.45, 7) is 3.99. The molecule has 126 valence electrons. The van der Waals surface area contributed by atoms with Gasteiger partial charge in [0.2, 0.25) is 0 Å². The largest absolute Gasteiger partial charge is 0.362 e. The van der Waals surface area contributed by atoms with Crippen molar-refractivity contribution in [1.82, 2.24) is 35.0 Å². The number of fused-ring (bicyclic) bond motifs is 1. The summed E-state index contributed by atoms with van der Waals surface area (Å²) in [5.74, 6) is 0.383. The highest BCUT2D eigenvalue weighted by atomic mass is 19.1. The van der Waals surface area contributed by atoms with Crippen molar-refractivity contribution in [1.29, 1.82) is 0 Å². The Hall–Kier alpha value is -3.36. The molecule has 25 heavy (non-hydrogen) atoms. The van der Waals surface area contributed by atoms with E-state index in [4.69, 9.17) is 0 Å². The molecular weight excluding hydrogens is 323 g/mol. The van der Waals surface area contributed by atoms with Crippen molar-refractivity contribution in [2.24, 2.45) is 0 Å². The zero-order valence-electron chi connectivity index (χ0n) is 13.6. The highest BCUT2D eigenvalue weighted by Gasteiger charge is 2.15. The molecule has 9 heteroatoms. The predicted molar refractivity (Wildman–Crippen MR) is 88.9 cm³/mol. The van der Waals surface area contributed by atoms with Crippen LogP contribution in [0.3, 0.4) is 0 Å². The van der Waals surface area contributed by atoms with Crippen LogP contribution in [0.15, 0.2) is 42.6 Å². The van der Waals surface area contributed by atoms with E-state index >= 15 is 0 Å². The first-order valence-electron chi connectivity index (χ1n) is 7.74. The lowest BCUT2D eigenvalue weighted by Gasteiger charge is -2.14. The third-order valence-electron chi connectivity index (χ3n) is 4.02. The van der Waals surface area contributed by atoms with Gasteiger partial charge < -0.3 is 5.32 Å². The maximum atomic E-state index is 13.1. The van der Waals surface area contributed by atoms with Gasteiger partial charge in [-0.25, -0.2) is 9.07 Å². The van der Waals surface area contributed by atoms with Crippen LogP contribution >= 0.6 is 0 Å². The molecular formula is C16H15FN8. The fourth-order valence-electron chi connectivity index (χ4n) is 2.72. The molecule has 0 saturated heterocycles. The summed E-state index contributed by atoms with van der Waals surface area (Å²) < 4.78 is 16.3. The van der Waals surface area contributed by atoms with Crippen molar-refractivity contribution < 1.29 is 4.39 Å². The summed E-state index contributed by atoms with van der Waals surface area (Å²) in [4.78, 5) is 0. The average molecular weight is 338 g/mol. The van der Waals surface area contributed by atoms with Gasteiger partial charge in [-0.15, -0.1) is 14.8 Å². The number of tetrazole rings is 1. The van der Waals surface area contributed by atoms with E-state index < -0.39 is 0 Å². The van der Waals surface area contributed by atoms with Gasteiger partial charge in [0.25, 0.3) is 0 Å². The van der Waals surface area contributed by atoms with Crippen LogP contribution in [0.2, 0.25) is 0 Å². The smallest absolute Gasteiger partial charge is 0.200 e. The summed E-state index contributed by atoms with van der Waals surface area (Å²) in [6, 6.07) is 9.82. The highest BCUT2D eigenvalue weighted by molar-refractivity contribution is 5.44. The zero-order chi connectivity index (χ0) is 17.4. The molecule has 0 aliphatic heterocycles. The number of rotatable bonds is 4. The van der Waals surface area contributed by atoms with Crippen molar-refractivity contribution >= 4 is 11.5 Å². The number of aromatic nitrogens is 7. The van der Waals surface area contributed by atoms with Crippen molar-refractivity contribution in [3.8, 4) is 5.69 Å². The van der Waals surface area contributed by atoms with Crippen molar-refractivity contribution in [3.05, 3.63) is 59.7 Å². The normalized spacial score (nSPS) is 12.4. The van der Waals surface area contributed by atoms with Crippen molar-refractivity contribution in [2.75, 3.05) is 5.32 Å². The monoisotopic (exact) mass is 338 g/mol. The van der Waals surface area contributed by atoms with Gasteiger partial charge in [0.1, 0.15) is 11.6 Å². The van der Waals surface area contributed by atoms with E-state index in [2.05, 4.69) is 31.0 Å². The topological polar surface area (TPSA) is 85.8 Å². The lowest BCUT2D eigenvalue weighted by atomic mass is 10.1. The van der Waals surface area contributed by atoms with Crippen LogP contribution in [0.4, 0.5) is 10.2 Å². The fourth-order valence-corrected chi connectivity index (χ4v) is 2.72. The Balaban J connectivity index is 1.59. The van der Waals surface area contributed by atoms with Gasteiger partial charge in [0, 0.05) is 11.3 Å². The molecule has 4 aromatic rings. The Morgan fingerprint density at radius 2 is 1.92 bits per heavy atom. The van der Waals surface area contributed by atoms with E-state index in [-0.39, 0.29) is 11.9 Å². The maximum absolute atomic E-state index is 13.1. The predicted octanol–water partition coefficient (Wildman–Crippen LogP) is 2.33. The van der Waals surface area contributed by atoms with Crippen LogP contribution in [0.25, 0.3) is 11.3 Å². The molecule has 0 aliphatic rings. The van der Waals surface area contributed by atoms with Gasteiger partial charge in [-0.3, -0.25) is 0 Å². The summed E-state index contributed by atoms with van der Waals surface area (Å²) in [7, 11) is 0. The van der Waals surface area contributed by atoms with E-state index in [1.54, 1.807) is 29.1 Å². The molecule has 0 spiro atoms. The Morgan fingerprint density at radius 1 is 1.12 bits per heavy atom. The minimum atomic E-state index is -0.270. The molecule has 1 N–H and O–H groups in total. The lowest BCUT2D eigenvalue weighted by Crippen LogP contribution is -2.11. The number of hydrogen-bond donors (Lipinski definition) is 1. The Morgan fingerprint density at radius 3 is 2.72 bits per heavy atom. The SMILES string of the molecule is Cc1c([C@H](C)Nc2ccc3nnnn3n2)cnn1-c1ccc(F)cc1. The molecule has 0 radical (unpaired) electrons. The van der Waals surface area contributed by atoms with Crippen LogP contribution in [-0.2, 0) is 0 Å². The molecule has 3 aromatic heterocycles. The average Bonchev–Trinajstić information content (AvgIpc) is 3.21. The Kier molecular flexibility index (Phi) is 3.60. The summed E-state index contributed by atoms with van der Waals surface area (Å²) in [6.07, 6.45) is 1.80. The van der Waals surface area contributed by atoms with E-state index in [0.29, 0.717) is 11.5 Å². The van der Waals surface area contributed by atoms with Crippen molar-refractivity contribution in [3.63, 3.8) is 0 Å². The number of anilines is 1. The van der Waals surface area contributed by atoms with Gasteiger partial charge in [-0.2, -0.15) is 5.10 Å². The Labute approximate surface area is 142 Å². The molecule has 8 nitrogen and oxygen atoms in total.